The van der Waals surface area contributed by atoms with Gasteiger partial charge >= 0.3 is 5.97 Å². The van der Waals surface area contributed by atoms with Crippen LogP contribution in [0, 0.1) is 5.82 Å². The average molecular weight is 305 g/mol. The number of hydrogen-bond donors (Lipinski definition) is 1. The molecule has 0 aliphatic rings. The molecule has 118 valence electrons. The summed E-state index contributed by atoms with van der Waals surface area (Å²) < 4.78 is 21.1. The molecule has 1 atom stereocenters. The number of benzene rings is 1. The van der Waals surface area contributed by atoms with Crippen molar-refractivity contribution in [1.82, 2.24) is 9.78 Å². The Hall–Kier alpha value is -2.37. The maximum atomic E-state index is 14.4. The number of halogens is 1. The van der Waals surface area contributed by atoms with E-state index in [9.17, 15) is 9.18 Å². The van der Waals surface area contributed by atoms with E-state index in [1.807, 2.05) is 13.8 Å². The van der Waals surface area contributed by atoms with Crippen LogP contribution in [0.4, 0.5) is 10.1 Å². The van der Waals surface area contributed by atoms with Crippen molar-refractivity contribution in [3.63, 3.8) is 0 Å². The normalized spacial score (nSPS) is 12.2. The maximum Gasteiger partial charge on any atom is 0.338 e. The van der Waals surface area contributed by atoms with Crippen LogP contribution < -0.4 is 5.73 Å². The second-order valence-corrected chi connectivity index (χ2v) is 5.11. The Morgan fingerprint density at radius 3 is 2.82 bits per heavy atom. The van der Waals surface area contributed by atoms with Crippen molar-refractivity contribution in [3.05, 3.63) is 35.9 Å². The van der Waals surface area contributed by atoms with Crippen molar-refractivity contribution in [1.29, 1.82) is 0 Å². The summed E-state index contributed by atoms with van der Waals surface area (Å²) in [6.45, 7) is 5.96. The van der Waals surface area contributed by atoms with E-state index in [0.717, 1.165) is 6.42 Å². The predicted octanol–water partition coefficient (Wildman–Crippen LogP) is 3.42. The van der Waals surface area contributed by atoms with Gasteiger partial charge < -0.3 is 10.5 Å². The number of anilines is 1. The first-order valence-corrected chi connectivity index (χ1v) is 7.28. The molecule has 0 fully saturated rings. The summed E-state index contributed by atoms with van der Waals surface area (Å²) in [4.78, 5) is 12.1. The van der Waals surface area contributed by atoms with Gasteiger partial charge in [0.1, 0.15) is 5.82 Å². The number of carbonyl (C=O) groups excluding carboxylic acids is 1. The number of nitrogens with zero attached hydrogens (tertiary/aromatic N) is 2. The Morgan fingerprint density at radius 1 is 1.45 bits per heavy atom. The molecule has 0 bridgehead atoms. The molecule has 1 heterocycles. The molecule has 2 rings (SSSR count). The molecule has 0 amide bonds. The number of carbonyl (C=O) groups is 1. The third-order valence-electron chi connectivity index (χ3n) is 3.54. The van der Waals surface area contributed by atoms with Gasteiger partial charge in [-0.1, -0.05) is 6.92 Å². The monoisotopic (exact) mass is 305 g/mol. The molecule has 0 saturated heterocycles. The number of ether oxygens (including phenoxy) is 1. The van der Waals surface area contributed by atoms with E-state index < -0.39 is 11.8 Å². The number of esters is 1. The molecular formula is C16H20FN3O2. The molecule has 2 aromatic rings. The fraction of sp³-hybridized carbons (Fsp3) is 0.375. The molecule has 0 unspecified atom stereocenters. The van der Waals surface area contributed by atoms with Gasteiger partial charge in [-0.2, -0.15) is 5.10 Å². The number of nitrogens with two attached hydrogens (primary N) is 1. The molecule has 0 saturated carbocycles. The van der Waals surface area contributed by atoms with E-state index in [1.54, 1.807) is 24.0 Å². The topological polar surface area (TPSA) is 70.1 Å². The van der Waals surface area contributed by atoms with E-state index in [1.165, 1.54) is 12.1 Å². The Labute approximate surface area is 128 Å². The molecule has 6 heteroatoms. The van der Waals surface area contributed by atoms with Crippen molar-refractivity contribution in [2.24, 2.45) is 0 Å². The number of nitrogen functional groups attached to an aromatic ring is 1. The van der Waals surface area contributed by atoms with Crippen molar-refractivity contribution >= 4 is 11.7 Å². The first kappa shape index (κ1) is 16.0. The van der Waals surface area contributed by atoms with Crippen LogP contribution in [0.1, 0.15) is 43.6 Å². The predicted molar refractivity (Wildman–Crippen MR) is 83.0 cm³/mol. The minimum Gasteiger partial charge on any atom is -0.462 e. The minimum absolute atomic E-state index is 0.114. The molecule has 22 heavy (non-hydrogen) atoms. The fourth-order valence-corrected chi connectivity index (χ4v) is 2.19. The second-order valence-electron chi connectivity index (χ2n) is 5.11. The van der Waals surface area contributed by atoms with Crippen LogP contribution in [0.3, 0.4) is 0 Å². The van der Waals surface area contributed by atoms with Gasteiger partial charge in [-0.3, -0.25) is 4.68 Å². The standard InChI is InChI=1S/C16H20FN3O2/c1-4-10(3)20-9-11(8-19-20)15-13(16(21)22-5-2)6-12(18)7-14(15)17/h6-10H,4-5,18H2,1-3H3/t10-/m0/s1. The summed E-state index contributed by atoms with van der Waals surface area (Å²) in [6.07, 6.45) is 4.17. The lowest BCUT2D eigenvalue weighted by Gasteiger charge is -2.10. The molecule has 5 nitrogen and oxygen atoms in total. The molecule has 1 aromatic heterocycles. The number of rotatable bonds is 5. The Kier molecular flexibility index (Phi) is 4.80. The van der Waals surface area contributed by atoms with Crippen LogP contribution in [-0.4, -0.2) is 22.4 Å². The zero-order valence-corrected chi connectivity index (χ0v) is 13.0. The molecule has 0 spiro atoms. The molecule has 0 aliphatic heterocycles. The molecule has 1 aromatic carbocycles. The van der Waals surface area contributed by atoms with Crippen LogP contribution in [0.2, 0.25) is 0 Å². The van der Waals surface area contributed by atoms with E-state index in [2.05, 4.69) is 5.10 Å². The van der Waals surface area contributed by atoms with Crippen LogP contribution in [0.5, 0.6) is 0 Å². The third kappa shape index (κ3) is 3.10. The zero-order chi connectivity index (χ0) is 16.3. The molecular weight excluding hydrogens is 285 g/mol. The summed E-state index contributed by atoms with van der Waals surface area (Å²) in [5.41, 5.74) is 6.64. The zero-order valence-electron chi connectivity index (χ0n) is 13.0. The first-order valence-electron chi connectivity index (χ1n) is 7.28. The van der Waals surface area contributed by atoms with Gasteiger partial charge in [-0.05, 0) is 32.4 Å². The van der Waals surface area contributed by atoms with E-state index >= 15 is 0 Å². The van der Waals surface area contributed by atoms with Gasteiger partial charge in [0.15, 0.2) is 0 Å². The van der Waals surface area contributed by atoms with Crippen molar-refractivity contribution in [2.75, 3.05) is 12.3 Å². The Bertz CT molecular complexity index is 682. The van der Waals surface area contributed by atoms with E-state index in [-0.39, 0.29) is 29.5 Å². The highest BCUT2D eigenvalue weighted by molar-refractivity contribution is 5.98. The lowest BCUT2D eigenvalue weighted by atomic mass is 10.0. The summed E-state index contributed by atoms with van der Waals surface area (Å²) in [7, 11) is 0. The molecule has 0 aliphatic carbocycles. The van der Waals surface area contributed by atoms with Crippen LogP contribution in [-0.2, 0) is 4.74 Å². The van der Waals surface area contributed by atoms with Gasteiger partial charge in [-0.25, -0.2) is 9.18 Å². The summed E-state index contributed by atoms with van der Waals surface area (Å²) >= 11 is 0. The fourth-order valence-electron chi connectivity index (χ4n) is 2.19. The van der Waals surface area contributed by atoms with Crippen LogP contribution in [0.25, 0.3) is 11.1 Å². The smallest absolute Gasteiger partial charge is 0.338 e. The Balaban J connectivity index is 2.54. The van der Waals surface area contributed by atoms with Gasteiger partial charge in [0.05, 0.1) is 18.4 Å². The van der Waals surface area contributed by atoms with E-state index in [0.29, 0.717) is 5.56 Å². The average Bonchev–Trinajstić information content (AvgIpc) is 2.95. The number of hydrogen-bond acceptors (Lipinski definition) is 4. The highest BCUT2D eigenvalue weighted by Gasteiger charge is 2.20. The van der Waals surface area contributed by atoms with Gasteiger partial charge in [0.2, 0.25) is 0 Å². The second kappa shape index (κ2) is 6.60. The van der Waals surface area contributed by atoms with Crippen molar-refractivity contribution in [2.45, 2.75) is 33.2 Å². The minimum atomic E-state index is -0.597. The third-order valence-corrected chi connectivity index (χ3v) is 3.54. The van der Waals surface area contributed by atoms with Crippen LogP contribution >= 0.6 is 0 Å². The summed E-state index contributed by atoms with van der Waals surface area (Å²) in [5.74, 6) is -1.16. The largest absolute Gasteiger partial charge is 0.462 e. The quantitative estimate of drug-likeness (QED) is 0.679. The summed E-state index contributed by atoms with van der Waals surface area (Å²) in [5, 5.41) is 4.24. The van der Waals surface area contributed by atoms with Gasteiger partial charge in [0.25, 0.3) is 0 Å². The molecule has 0 radical (unpaired) electrons. The van der Waals surface area contributed by atoms with Crippen LogP contribution in [0.15, 0.2) is 24.5 Å². The maximum absolute atomic E-state index is 14.4. The van der Waals surface area contributed by atoms with E-state index in [4.69, 9.17) is 10.5 Å². The lowest BCUT2D eigenvalue weighted by Crippen LogP contribution is -2.09. The highest BCUT2D eigenvalue weighted by Crippen LogP contribution is 2.30. The van der Waals surface area contributed by atoms with Crippen molar-refractivity contribution in [3.8, 4) is 11.1 Å². The van der Waals surface area contributed by atoms with Crippen molar-refractivity contribution < 1.29 is 13.9 Å². The lowest BCUT2D eigenvalue weighted by molar-refractivity contribution is 0.0527. The van der Waals surface area contributed by atoms with Gasteiger partial charge in [0, 0.05) is 29.1 Å². The molecule has 2 N–H and O–H groups in total. The first-order chi connectivity index (χ1) is 10.5. The number of aromatic nitrogens is 2. The van der Waals surface area contributed by atoms with Gasteiger partial charge in [-0.15, -0.1) is 0 Å². The summed E-state index contributed by atoms with van der Waals surface area (Å²) in [6, 6.07) is 2.81. The highest BCUT2D eigenvalue weighted by atomic mass is 19.1. The Morgan fingerprint density at radius 2 is 2.18 bits per heavy atom. The SMILES string of the molecule is CCOC(=O)c1cc(N)cc(F)c1-c1cnn([C@@H](C)CC)c1.